The van der Waals surface area contributed by atoms with E-state index in [9.17, 15) is 14.4 Å². The fourth-order valence-electron chi connectivity index (χ4n) is 2.22. The summed E-state index contributed by atoms with van der Waals surface area (Å²) in [5.41, 5.74) is 2.92. The number of rotatable bonds is 3. The number of amides is 2. The summed E-state index contributed by atoms with van der Waals surface area (Å²) in [4.78, 5) is 41.6. The molecule has 0 radical (unpaired) electrons. The average Bonchev–Trinajstić information content (AvgIpc) is 2.61. The van der Waals surface area contributed by atoms with Gasteiger partial charge in [-0.3, -0.25) is 9.59 Å². The fourth-order valence-corrected chi connectivity index (χ4v) is 3.55. The van der Waals surface area contributed by atoms with Gasteiger partial charge in [-0.25, -0.2) is 4.79 Å². The standard InChI is InChI=1S/C17H13ClN2O4S/c18-11-6-2-1-5-10(11)17(23)24-20-15(21)9-14-16(22)19-12-7-3-4-8-13(12)25-14/h1-8,14H,9H2,(H,19,22)(H,20,21). The number of hydrogen-bond acceptors (Lipinski definition) is 5. The molecule has 128 valence electrons. The fraction of sp³-hybridized carbons (Fsp3) is 0.118. The molecule has 1 heterocycles. The first-order chi connectivity index (χ1) is 12.0. The Bertz CT molecular complexity index is 843. The second-order valence-electron chi connectivity index (χ2n) is 5.19. The van der Waals surface area contributed by atoms with E-state index in [1.807, 2.05) is 18.2 Å². The van der Waals surface area contributed by atoms with Gasteiger partial charge in [-0.15, -0.1) is 11.8 Å². The van der Waals surface area contributed by atoms with Crippen molar-refractivity contribution in [1.29, 1.82) is 0 Å². The number of halogens is 1. The van der Waals surface area contributed by atoms with Crippen LogP contribution in [0.5, 0.6) is 0 Å². The molecule has 0 saturated carbocycles. The number of benzene rings is 2. The first-order valence-corrected chi connectivity index (χ1v) is 8.61. The highest BCUT2D eigenvalue weighted by atomic mass is 35.5. The second kappa shape index (κ2) is 7.58. The Hall–Kier alpha value is -2.51. The summed E-state index contributed by atoms with van der Waals surface area (Å²) in [7, 11) is 0. The highest BCUT2D eigenvalue weighted by molar-refractivity contribution is 8.01. The van der Waals surface area contributed by atoms with Crippen LogP contribution in [0, 0.1) is 0 Å². The summed E-state index contributed by atoms with van der Waals surface area (Å²) >= 11 is 7.18. The summed E-state index contributed by atoms with van der Waals surface area (Å²) in [5.74, 6) is -1.62. The molecular weight excluding hydrogens is 364 g/mol. The van der Waals surface area contributed by atoms with Gasteiger partial charge in [0.1, 0.15) is 0 Å². The molecular formula is C17H13ClN2O4S. The molecule has 3 rings (SSSR count). The lowest BCUT2D eigenvalue weighted by Gasteiger charge is -2.23. The van der Waals surface area contributed by atoms with E-state index in [1.165, 1.54) is 17.8 Å². The van der Waals surface area contributed by atoms with Crippen LogP contribution < -0.4 is 10.8 Å². The summed E-state index contributed by atoms with van der Waals surface area (Å²) in [5, 5.41) is 2.37. The quantitative estimate of drug-likeness (QED) is 0.804. The van der Waals surface area contributed by atoms with Gasteiger partial charge in [0, 0.05) is 4.90 Å². The molecule has 2 aromatic rings. The minimum Gasteiger partial charge on any atom is -0.335 e. The van der Waals surface area contributed by atoms with Crippen LogP contribution >= 0.6 is 23.4 Å². The maximum Gasteiger partial charge on any atom is 0.364 e. The molecule has 0 spiro atoms. The lowest BCUT2D eigenvalue weighted by molar-refractivity contribution is -0.131. The Morgan fingerprint density at radius 3 is 2.68 bits per heavy atom. The molecule has 1 unspecified atom stereocenters. The van der Waals surface area contributed by atoms with Gasteiger partial charge in [0.25, 0.3) is 5.91 Å². The van der Waals surface area contributed by atoms with Crippen LogP contribution in [0.4, 0.5) is 5.69 Å². The van der Waals surface area contributed by atoms with E-state index in [1.54, 1.807) is 24.3 Å². The Morgan fingerprint density at radius 2 is 1.88 bits per heavy atom. The number of hydrogen-bond donors (Lipinski definition) is 2. The maximum absolute atomic E-state index is 12.1. The molecule has 0 fully saturated rings. The zero-order valence-electron chi connectivity index (χ0n) is 12.8. The van der Waals surface area contributed by atoms with Crippen molar-refractivity contribution in [2.75, 3.05) is 5.32 Å². The molecule has 0 bridgehead atoms. The van der Waals surface area contributed by atoms with E-state index >= 15 is 0 Å². The predicted octanol–water partition coefficient (Wildman–Crippen LogP) is 3.03. The molecule has 2 aromatic carbocycles. The Morgan fingerprint density at radius 1 is 1.16 bits per heavy atom. The zero-order chi connectivity index (χ0) is 17.8. The van der Waals surface area contributed by atoms with E-state index in [-0.39, 0.29) is 22.9 Å². The summed E-state index contributed by atoms with van der Waals surface area (Å²) in [6, 6.07) is 13.7. The number of thioether (sulfide) groups is 1. The number of hydroxylamine groups is 1. The number of nitrogens with one attached hydrogen (secondary N) is 2. The minimum atomic E-state index is -0.773. The third-order valence-corrected chi connectivity index (χ3v) is 5.03. The molecule has 0 aliphatic carbocycles. The van der Waals surface area contributed by atoms with Crippen LogP contribution in [0.15, 0.2) is 53.4 Å². The van der Waals surface area contributed by atoms with E-state index in [0.29, 0.717) is 0 Å². The molecule has 8 heteroatoms. The SMILES string of the molecule is O=C(CC1Sc2ccccc2NC1=O)NOC(=O)c1ccccc1Cl. The largest absolute Gasteiger partial charge is 0.364 e. The van der Waals surface area contributed by atoms with Gasteiger partial charge in [0.05, 0.1) is 27.9 Å². The van der Waals surface area contributed by atoms with E-state index in [0.717, 1.165) is 10.6 Å². The van der Waals surface area contributed by atoms with E-state index < -0.39 is 17.1 Å². The molecule has 1 atom stereocenters. The van der Waals surface area contributed by atoms with E-state index in [2.05, 4.69) is 10.8 Å². The predicted molar refractivity (Wildman–Crippen MR) is 94.3 cm³/mol. The molecule has 1 aliphatic heterocycles. The van der Waals surface area contributed by atoms with Crippen molar-refractivity contribution in [2.45, 2.75) is 16.6 Å². The molecule has 1 aliphatic rings. The van der Waals surface area contributed by atoms with Gasteiger partial charge in [-0.2, -0.15) is 5.48 Å². The van der Waals surface area contributed by atoms with E-state index in [4.69, 9.17) is 16.4 Å². The first-order valence-electron chi connectivity index (χ1n) is 7.35. The van der Waals surface area contributed by atoms with Crippen LogP contribution in [-0.2, 0) is 14.4 Å². The van der Waals surface area contributed by atoms with Crippen molar-refractivity contribution >= 4 is 46.8 Å². The number of carbonyl (C=O) groups excluding carboxylic acids is 3. The average molecular weight is 377 g/mol. The highest BCUT2D eigenvalue weighted by Gasteiger charge is 2.29. The number of para-hydroxylation sites is 1. The molecule has 25 heavy (non-hydrogen) atoms. The zero-order valence-corrected chi connectivity index (χ0v) is 14.4. The van der Waals surface area contributed by atoms with Gasteiger partial charge >= 0.3 is 5.97 Å². The molecule has 0 saturated heterocycles. The summed E-state index contributed by atoms with van der Waals surface area (Å²) in [6.45, 7) is 0. The topological polar surface area (TPSA) is 84.5 Å². The minimum absolute atomic E-state index is 0.124. The molecule has 2 N–H and O–H groups in total. The normalized spacial score (nSPS) is 15.7. The van der Waals surface area contributed by atoms with Crippen molar-refractivity contribution < 1.29 is 19.2 Å². The van der Waals surface area contributed by atoms with Crippen LogP contribution in [0.2, 0.25) is 5.02 Å². The lowest BCUT2D eigenvalue weighted by Crippen LogP contribution is -2.35. The Kier molecular flexibility index (Phi) is 5.25. The van der Waals surface area contributed by atoms with Crippen LogP contribution in [0.1, 0.15) is 16.8 Å². The Labute approximate surface area is 152 Å². The monoisotopic (exact) mass is 376 g/mol. The van der Waals surface area contributed by atoms with Gasteiger partial charge < -0.3 is 10.2 Å². The van der Waals surface area contributed by atoms with Crippen molar-refractivity contribution in [3.63, 3.8) is 0 Å². The lowest BCUT2D eigenvalue weighted by atomic mass is 10.2. The van der Waals surface area contributed by atoms with Crippen LogP contribution in [0.25, 0.3) is 0 Å². The van der Waals surface area contributed by atoms with Crippen LogP contribution in [-0.4, -0.2) is 23.0 Å². The maximum atomic E-state index is 12.1. The summed E-state index contributed by atoms with van der Waals surface area (Å²) in [6.07, 6.45) is -0.124. The first kappa shape index (κ1) is 17.3. The summed E-state index contributed by atoms with van der Waals surface area (Å²) < 4.78 is 0. The van der Waals surface area contributed by atoms with Gasteiger partial charge in [0.2, 0.25) is 5.91 Å². The molecule has 2 amide bonds. The van der Waals surface area contributed by atoms with Crippen molar-refractivity contribution in [3.05, 3.63) is 59.1 Å². The smallest absolute Gasteiger partial charge is 0.335 e. The van der Waals surface area contributed by atoms with Gasteiger partial charge in [0.15, 0.2) is 0 Å². The molecule has 0 aromatic heterocycles. The third kappa shape index (κ3) is 4.12. The number of fused-ring (bicyclic) bond motifs is 1. The van der Waals surface area contributed by atoms with Crippen LogP contribution in [0.3, 0.4) is 0 Å². The number of carbonyl (C=O) groups is 3. The number of anilines is 1. The molecule has 6 nitrogen and oxygen atoms in total. The van der Waals surface area contributed by atoms with Crippen molar-refractivity contribution in [2.24, 2.45) is 0 Å². The second-order valence-corrected chi connectivity index (χ2v) is 6.84. The van der Waals surface area contributed by atoms with Gasteiger partial charge in [-0.1, -0.05) is 35.9 Å². The Balaban J connectivity index is 1.56. The third-order valence-electron chi connectivity index (χ3n) is 3.43. The highest BCUT2D eigenvalue weighted by Crippen LogP contribution is 2.36. The van der Waals surface area contributed by atoms with Crippen molar-refractivity contribution in [1.82, 2.24) is 5.48 Å². The van der Waals surface area contributed by atoms with Gasteiger partial charge in [-0.05, 0) is 24.3 Å². The van der Waals surface area contributed by atoms with Crippen molar-refractivity contribution in [3.8, 4) is 0 Å².